The van der Waals surface area contributed by atoms with Crippen LogP contribution in [0.1, 0.15) is 19.4 Å². The minimum absolute atomic E-state index is 0.0196. The van der Waals surface area contributed by atoms with Crippen molar-refractivity contribution in [3.8, 4) is 0 Å². The molecule has 2 N–H and O–H groups in total. The van der Waals surface area contributed by atoms with Crippen molar-refractivity contribution >= 4 is 35.4 Å². The highest BCUT2D eigenvalue weighted by Gasteiger charge is 2.34. The van der Waals surface area contributed by atoms with Gasteiger partial charge in [-0.05, 0) is 37.6 Å². The van der Waals surface area contributed by atoms with Crippen molar-refractivity contribution in [2.75, 3.05) is 5.32 Å². The monoisotopic (exact) mass is 263 g/mol. The minimum atomic E-state index is -0.978. The summed E-state index contributed by atoms with van der Waals surface area (Å²) in [5.41, 5.74) is 1.58. The van der Waals surface area contributed by atoms with Gasteiger partial charge in [0.2, 0.25) is 5.91 Å². The fourth-order valence-corrected chi connectivity index (χ4v) is 2.71. The van der Waals surface area contributed by atoms with Crippen molar-refractivity contribution in [3.05, 3.63) is 29.8 Å². The van der Waals surface area contributed by atoms with Crippen LogP contribution in [-0.2, 0) is 9.59 Å². The maximum atomic E-state index is 11.8. The first-order valence-corrected chi connectivity index (χ1v) is 6.26. The molecule has 0 spiro atoms. The van der Waals surface area contributed by atoms with Gasteiger partial charge < -0.3 is 10.4 Å². The number of rotatable bonds is 2. The summed E-state index contributed by atoms with van der Waals surface area (Å²) >= 11 is 1.48. The number of aliphatic carboxylic acids is 1. The number of fused-ring (bicyclic) bond motifs is 1. The fraction of sp³-hybridized carbons (Fsp3) is 0.231. The molecule has 0 bridgehead atoms. The molecule has 0 fully saturated rings. The summed E-state index contributed by atoms with van der Waals surface area (Å²) in [5.74, 6) is -0.997. The zero-order chi connectivity index (χ0) is 13.3. The van der Waals surface area contributed by atoms with Gasteiger partial charge in [0, 0.05) is 11.0 Å². The van der Waals surface area contributed by atoms with E-state index < -0.39 is 10.7 Å². The van der Waals surface area contributed by atoms with Crippen LogP contribution in [0.5, 0.6) is 0 Å². The number of carboxylic acid groups (broad SMARTS) is 1. The van der Waals surface area contributed by atoms with Crippen molar-refractivity contribution in [1.29, 1.82) is 0 Å². The maximum absolute atomic E-state index is 11.8. The average Bonchev–Trinajstić information content (AvgIpc) is 2.27. The van der Waals surface area contributed by atoms with Crippen LogP contribution in [-0.4, -0.2) is 21.7 Å². The summed E-state index contributed by atoms with van der Waals surface area (Å²) < 4.78 is -0.512. The highest BCUT2D eigenvalue weighted by Crippen LogP contribution is 2.42. The number of nitrogens with one attached hydrogen (secondary N) is 1. The molecule has 1 aromatic rings. The fourth-order valence-electron chi connectivity index (χ4n) is 1.59. The van der Waals surface area contributed by atoms with E-state index in [0.29, 0.717) is 0 Å². The van der Waals surface area contributed by atoms with E-state index in [4.69, 9.17) is 5.11 Å². The Kier molecular flexibility index (Phi) is 3.17. The molecule has 1 heterocycles. The standard InChI is InChI=1S/C13H13NO3S/c1-13(2)12(17)14-9-5-3-8(4-6-11(15)16)7-10(9)18-13/h3-7H,1-2H3,(H,14,17)(H,15,16)/b6-4+. The van der Waals surface area contributed by atoms with Crippen LogP contribution in [0.3, 0.4) is 0 Å². The number of carboxylic acids is 1. The number of anilines is 1. The number of thioether (sulfide) groups is 1. The van der Waals surface area contributed by atoms with Gasteiger partial charge in [-0.15, -0.1) is 11.8 Å². The largest absolute Gasteiger partial charge is 0.478 e. The first kappa shape index (κ1) is 12.7. The van der Waals surface area contributed by atoms with Gasteiger partial charge in [0.1, 0.15) is 0 Å². The molecular weight excluding hydrogens is 250 g/mol. The van der Waals surface area contributed by atoms with E-state index in [9.17, 15) is 9.59 Å². The number of hydrogen-bond donors (Lipinski definition) is 2. The summed E-state index contributed by atoms with van der Waals surface area (Å²) in [6.07, 6.45) is 2.63. The van der Waals surface area contributed by atoms with E-state index in [1.165, 1.54) is 17.8 Å². The lowest BCUT2D eigenvalue weighted by atomic mass is 10.1. The quantitative estimate of drug-likeness (QED) is 0.805. The first-order valence-electron chi connectivity index (χ1n) is 5.44. The lowest BCUT2D eigenvalue weighted by molar-refractivity contribution is -0.131. The van der Waals surface area contributed by atoms with Crippen molar-refractivity contribution in [2.24, 2.45) is 0 Å². The van der Waals surface area contributed by atoms with E-state index in [-0.39, 0.29) is 5.91 Å². The molecule has 5 heteroatoms. The second-order valence-electron chi connectivity index (χ2n) is 4.49. The molecule has 2 rings (SSSR count). The molecule has 0 radical (unpaired) electrons. The molecule has 1 aromatic carbocycles. The molecule has 1 aliphatic heterocycles. The molecule has 1 amide bonds. The molecule has 18 heavy (non-hydrogen) atoms. The van der Waals surface area contributed by atoms with E-state index in [0.717, 1.165) is 22.2 Å². The van der Waals surface area contributed by atoms with Crippen LogP contribution in [0.15, 0.2) is 29.2 Å². The van der Waals surface area contributed by atoms with Crippen LogP contribution in [0.2, 0.25) is 0 Å². The highest BCUT2D eigenvalue weighted by atomic mass is 32.2. The highest BCUT2D eigenvalue weighted by molar-refractivity contribution is 8.01. The third-order valence-electron chi connectivity index (χ3n) is 2.58. The second kappa shape index (κ2) is 4.49. The Morgan fingerprint density at radius 3 is 2.83 bits per heavy atom. The summed E-state index contributed by atoms with van der Waals surface area (Å²) in [7, 11) is 0. The predicted octanol–water partition coefficient (Wildman–Crippen LogP) is 2.61. The van der Waals surface area contributed by atoms with Gasteiger partial charge in [-0.25, -0.2) is 4.79 Å². The SMILES string of the molecule is CC1(C)Sc2cc(/C=C/C(=O)O)ccc2NC1=O. The molecule has 94 valence electrons. The van der Waals surface area contributed by atoms with Gasteiger partial charge in [0.15, 0.2) is 0 Å². The molecule has 0 saturated carbocycles. The Morgan fingerprint density at radius 1 is 1.44 bits per heavy atom. The average molecular weight is 263 g/mol. The first-order chi connectivity index (χ1) is 8.38. The topological polar surface area (TPSA) is 66.4 Å². The van der Waals surface area contributed by atoms with Gasteiger partial charge >= 0.3 is 5.97 Å². The Bertz CT molecular complexity index is 549. The van der Waals surface area contributed by atoms with Crippen molar-refractivity contribution < 1.29 is 14.7 Å². The maximum Gasteiger partial charge on any atom is 0.328 e. The summed E-state index contributed by atoms with van der Waals surface area (Å²) in [6, 6.07) is 5.44. The van der Waals surface area contributed by atoms with Gasteiger partial charge in [-0.1, -0.05) is 6.07 Å². The summed E-state index contributed by atoms with van der Waals surface area (Å²) in [6.45, 7) is 3.71. The molecule has 0 atom stereocenters. The molecule has 0 aromatic heterocycles. The van der Waals surface area contributed by atoms with Crippen molar-refractivity contribution in [1.82, 2.24) is 0 Å². The molecule has 0 saturated heterocycles. The lowest BCUT2D eigenvalue weighted by Crippen LogP contribution is -2.37. The van der Waals surface area contributed by atoms with Crippen molar-refractivity contribution in [3.63, 3.8) is 0 Å². The van der Waals surface area contributed by atoms with Crippen LogP contribution in [0.25, 0.3) is 6.08 Å². The Hall–Kier alpha value is -1.75. The number of hydrogen-bond acceptors (Lipinski definition) is 3. The van der Waals surface area contributed by atoms with Crippen LogP contribution < -0.4 is 5.32 Å². The van der Waals surface area contributed by atoms with E-state index >= 15 is 0 Å². The zero-order valence-corrected chi connectivity index (χ0v) is 10.9. The van der Waals surface area contributed by atoms with Crippen LogP contribution >= 0.6 is 11.8 Å². The van der Waals surface area contributed by atoms with Gasteiger partial charge in [0.25, 0.3) is 0 Å². The number of benzene rings is 1. The molecule has 0 unspecified atom stereocenters. The smallest absolute Gasteiger partial charge is 0.328 e. The van der Waals surface area contributed by atoms with Crippen molar-refractivity contribution in [2.45, 2.75) is 23.5 Å². The Balaban J connectivity index is 2.33. The summed E-state index contributed by atoms with van der Waals surface area (Å²) in [4.78, 5) is 23.2. The zero-order valence-electron chi connectivity index (χ0n) is 10.1. The Labute approximate surface area is 109 Å². The lowest BCUT2D eigenvalue weighted by Gasteiger charge is -2.29. The van der Waals surface area contributed by atoms with E-state index in [1.54, 1.807) is 12.1 Å². The predicted molar refractivity (Wildman–Crippen MR) is 71.7 cm³/mol. The molecule has 1 aliphatic rings. The third-order valence-corrected chi connectivity index (χ3v) is 3.84. The Morgan fingerprint density at radius 2 is 2.17 bits per heavy atom. The van der Waals surface area contributed by atoms with Gasteiger partial charge in [-0.3, -0.25) is 4.79 Å². The van der Waals surface area contributed by atoms with Crippen LogP contribution in [0.4, 0.5) is 5.69 Å². The number of carbonyl (C=O) groups is 2. The van der Waals surface area contributed by atoms with E-state index in [1.807, 2.05) is 19.9 Å². The van der Waals surface area contributed by atoms with E-state index in [2.05, 4.69) is 5.32 Å². The van der Waals surface area contributed by atoms with Gasteiger partial charge in [-0.2, -0.15) is 0 Å². The summed E-state index contributed by atoms with van der Waals surface area (Å²) in [5, 5.41) is 11.4. The number of carbonyl (C=O) groups excluding carboxylic acids is 1. The van der Waals surface area contributed by atoms with Crippen LogP contribution in [0, 0.1) is 0 Å². The third kappa shape index (κ3) is 2.56. The normalized spacial score (nSPS) is 17.3. The minimum Gasteiger partial charge on any atom is -0.478 e. The number of amides is 1. The molecule has 4 nitrogen and oxygen atoms in total. The second-order valence-corrected chi connectivity index (χ2v) is 6.16. The molecule has 0 aliphatic carbocycles. The van der Waals surface area contributed by atoms with Gasteiger partial charge in [0.05, 0.1) is 10.4 Å². The molecular formula is C13H13NO3S.